The second-order valence-electron chi connectivity index (χ2n) is 3.62. The van der Waals surface area contributed by atoms with Gasteiger partial charge in [-0.25, -0.2) is 0 Å². The molecule has 2 N–H and O–H groups in total. The maximum atomic E-state index is 5.64. The average Bonchev–Trinajstić information content (AvgIpc) is 2.29. The fourth-order valence-electron chi connectivity index (χ4n) is 1.56. The molecule has 1 aromatic rings. The summed E-state index contributed by atoms with van der Waals surface area (Å²) < 4.78 is 11.0. The Morgan fingerprint density at radius 2 is 1.69 bits per heavy atom. The minimum Gasteiger partial charge on any atom is -0.399 e. The number of hydrogen-bond donors (Lipinski definition) is 1. The Balaban J connectivity index is 2.38. The molecule has 0 bridgehead atoms. The number of ether oxygens (including phenoxy) is 2. The Kier molecular flexibility index (Phi) is 6.14. The molecule has 0 aromatic heterocycles. The molecule has 0 spiro atoms. The summed E-state index contributed by atoms with van der Waals surface area (Å²) in [7, 11) is -0.321. The van der Waals surface area contributed by atoms with Crippen molar-refractivity contribution in [2.24, 2.45) is 0 Å². The smallest absolute Gasteiger partial charge is 0.155 e. The van der Waals surface area contributed by atoms with Gasteiger partial charge >= 0.3 is 0 Å². The van der Waals surface area contributed by atoms with Crippen LogP contribution >= 0.6 is 0 Å². The third-order valence-corrected chi connectivity index (χ3v) is 4.16. The van der Waals surface area contributed by atoms with Gasteiger partial charge in [-0.05, 0) is 32.0 Å². The molecule has 0 fully saturated rings. The van der Waals surface area contributed by atoms with Crippen LogP contribution in [0.5, 0.6) is 0 Å². The van der Waals surface area contributed by atoms with Gasteiger partial charge in [0.25, 0.3) is 0 Å². The van der Waals surface area contributed by atoms with Crippen molar-refractivity contribution in [3.8, 4) is 0 Å². The first-order valence-corrected chi connectivity index (χ1v) is 7.54. The average molecular weight is 239 g/mol. The third-order valence-electron chi connectivity index (χ3n) is 2.35. The Hall–Kier alpha value is -0.843. The zero-order valence-electron chi connectivity index (χ0n) is 10.1. The predicted octanol–water partition coefficient (Wildman–Crippen LogP) is 0.880. The van der Waals surface area contributed by atoms with Crippen LogP contribution in [0.25, 0.3) is 0 Å². The lowest BCUT2D eigenvalue weighted by molar-refractivity contribution is -0.122. The minimum absolute atomic E-state index is 0.0285. The van der Waals surface area contributed by atoms with Crippen molar-refractivity contribution in [1.82, 2.24) is 0 Å². The standard InChI is InChI=1S/C12H21NO2Si/c1-3-14-12(15-4-2)9-16-11-7-5-10(13)6-8-11/h5-8,12H,3-4,9,13,16H2,1-2H3. The lowest BCUT2D eigenvalue weighted by atomic mass is 10.3. The second-order valence-corrected chi connectivity index (χ2v) is 5.51. The zero-order chi connectivity index (χ0) is 11.8. The number of nitrogens with two attached hydrogens (primary N) is 1. The molecular formula is C12H21NO2Si. The lowest BCUT2D eigenvalue weighted by Gasteiger charge is -2.16. The highest BCUT2D eigenvalue weighted by atomic mass is 28.2. The zero-order valence-corrected chi connectivity index (χ0v) is 11.5. The molecule has 1 rings (SSSR count). The minimum atomic E-state index is -0.321. The first-order valence-electron chi connectivity index (χ1n) is 5.83. The molecule has 0 saturated carbocycles. The Morgan fingerprint density at radius 1 is 1.12 bits per heavy atom. The Bertz CT molecular complexity index is 284. The van der Waals surface area contributed by atoms with Crippen molar-refractivity contribution < 1.29 is 9.47 Å². The topological polar surface area (TPSA) is 44.5 Å². The van der Waals surface area contributed by atoms with E-state index < -0.39 is 0 Å². The largest absolute Gasteiger partial charge is 0.399 e. The summed E-state index contributed by atoms with van der Waals surface area (Å²) in [4.78, 5) is 0. The van der Waals surface area contributed by atoms with Crippen LogP contribution in [0.15, 0.2) is 24.3 Å². The van der Waals surface area contributed by atoms with Crippen LogP contribution in [0, 0.1) is 0 Å². The van der Waals surface area contributed by atoms with Gasteiger partial charge < -0.3 is 15.2 Å². The van der Waals surface area contributed by atoms with Gasteiger partial charge in [-0.15, -0.1) is 0 Å². The van der Waals surface area contributed by atoms with Crippen molar-refractivity contribution in [2.45, 2.75) is 26.2 Å². The van der Waals surface area contributed by atoms with E-state index in [0.29, 0.717) is 13.2 Å². The molecule has 0 aliphatic heterocycles. The summed E-state index contributed by atoms with van der Waals surface area (Å²) in [5, 5.41) is 1.40. The van der Waals surface area contributed by atoms with Crippen LogP contribution in [0.1, 0.15) is 13.8 Å². The van der Waals surface area contributed by atoms with E-state index in [0.717, 1.165) is 11.7 Å². The summed E-state index contributed by atoms with van der Waals surface area (Å²) in [6, 6.07) is 9.15. The van der Waals surface area contributed by atoms with Gasteiger partial charge in [-0.1, -0.05) is 17.3 Å². The molecule has 0 heterocycles. The van der Waals surface area contributed by atoms with E-state index in [9.17, 15) is 0 Å². The summed E-state index contributed by atoms with van der Waals surface area (Å²) in [6.07, 6.45) is -0.0285. The van der Waals surface area contributed by atoms with Gasteiger partial charge in [-0.3, -0.25) is 0 Å². The van der Waals surface area contributed by atoms with Gasteiger partial charge in [0.15, 0.2) is 6.29 Å². The van der Waals surface area contributed by atoms with Crippen molar-refractivity contribution in [2.75, 3.05) is 18.9 Å². The molecule has 0 atom stereocenters. The van der Waals surface area contributed by atoms with Gasteiger partial charge in [-0.2, -0.15) is 0 Å². The molecule has 0 aliphatic rings. The van der Waals surface area contributed by atoms with Crippen LogP contribution < -0.4 is 10.9 Å². The quantitative estimate of drug-likeness (QED) is 0.436. The van der Waals surface area contributed by atoms with E-state index in [1.807, 2.05) is 26.0 Å². The van der Waals surface area contributed by atoms with Crippen molar-refractivity contribution in [1.29, 1.82) is 0 Å². The fourth-order valence-corrected chi connectivity index (χ4v) is 3.03. The van der Waals surface area contributed by atoms with Crippen LogP contribution in [0.2, 0.25) is 6.04 Å². The molecule has 0 unspecified atom stereocenters. The molecule has 0 amide bonds. The van der Waals surface area contributed by atoms with E-state index >= 15 is 0 Å². The van der Waals surface area contributed by atoms with Gasteiger partial charge in [0.1, 0.15) is 0 Å². The second kappa shape index (κ2) is 7.43. The van der Waals surface area contributed by atoms with E-state index in [2.05, 4.69) is 12.1 Å². The number of hydrogen-bond acceptors (Lipinski definition) is 3. The molecule has 0 radical (unpaired) electrons. The van der Waals surface area contributed by atoms with Crippen LogP contribution in [0.4, 0.5) is 5.69 Å². The van der Waals surface area contributed by atoms with E-state index in [1.54, 1.807) is 0 Å². The SMILES string of the molecule is CCOC(C[SiH2]c1ccc(N)cc1)OCC. The number of anilines is 1. The molecule has 1 aromatic carbocycles. The van der Waals surface area contributed by atoms with Gasteiger partial charge in [0.2, 0.25) is 0 Å². The van der Waals surface area contributed by atoms with Crippen molar-refractivity contribution >= 4 is 20.4 Å². The summed E-state index contributed by atoms with van der Waals surface area (Å²) >= 11 is 0. The number of benzene rings is 1. The van der Waals surface area contributed by atoms with Crippen LogP contribution in [0.3, 0.4) is 0 Å². The van der Waals surface area contributed by atoms with Crippen LogP contribution in [-0.4, -0.2) is 29.0 Å². The van der Waals surface area contributed by atoms with E-state index in [4.69, 9.17) is 15.2 Å². The van der Waals surface area contributed by atoms with Crippen molar-refractivity contribution in [3.05, 3.63) is 24.3 Å². The highest BCUT2D eigenvalue weighted by Crippen LogP contribution is 2.02. The molecule has 0 aliphatic carbocycles. The normalized spacial score (nSPS) is 11.7. The first-order chi connectivity index (χ1) is 7.76. The molecular weight excluding hydrogens is 218 g/mol. The van der Waals surface area contributed by atoms with Gasteiger partial charge in [0, 0.05) is 18.9 Å². The fraction of sp³-hybridized carbons (Fsp3) is 0.500. The maximum Gasteiger partial charge on any atom is 0.155 e. The molecule has 3 nitrogen and oxygen atoms in total. The Labute approximate surface area is 99.8 Å². The molecule has 16 heavy (non-hydrogen) atoms. The highest BCUT2D eigenvalue weighted by molar-refractivity contribution is 6.53. The molecule has 0 saturated heterocycles. The van der Waals surface area contributed by atoms with Crippen LogP contribution in [-0.2, 0) is 9.47 Å². The summed E-state index contributed by atoms with van der Waals surface area (Å²) in [5.41, 5.74) is 6.47. The van der Waals surface area contributed by atoms with E-state index in [1.165, 1.54) is 5.19 Å². The molecule has 4 heteroatoms. The number of rotatable bonds is 7. The predicted molar refractivity (Wildman–Crippen MR) is 70.9 cm³/mol. The summed E-state index contributed by atoms with van der Waals surface area (Å²) in [6.45, 7) is 5.41. The number of nitrogen functional groups attached to an aromatic ring is 1. The summed E-state index contributed by atoms with van der Waals surface area (Å²) in [5.74, 6) is 0. The van der Waals surface area contributed by atoms with Gasteiger partial charge in [0.05, 0.1) is 9.52 Å². The lowest BCUT2D eigenvalue weighted by Crippen LogP contribution is -2.24. The third kappa shape index (κ3) is 4.79. The van der Waals surface area contributed by atoms with Crippen molar-refractivity contribution in [3.63, 3.8) is 0 Å². The first kappa shape index (κ1) is 13.2. The molecule has 90 valence electrons. The maximum absolute atomic E-state index is 5.64. The Morgan fingerprint density at radius 3 is 2.19 bits per heavy atom. The highest BCUT2D eigenvalue weighted by Gasteiger charge is 2.08. The van der Waals surface area contributed by atoms with E-state index in [-0.39, 0.29) is 15.8 Å². The monoisotopic (exact) mass is 239 g/mol.